The molecule has 7 heteroatoms. The first kappa shape index (κ1) is 23.0. The Kier molecular flexibility index (Phi) is 7.51. The Hall–Kier alpha value is -2.64. The molecule has 0 bridgehead atoms. The second kappa shape index (κ2) is 10.1. The number of nitrogens with one attached hydrogen (secondary N) is 1. The number of piperidine rings is 1. The quantitative estimate of drug-likeness (QED) is 0.656. The van der Waals surface area contributed by atoms with Crippen LogP contribution in [0, 0.1) is 6.92 Å². The summed E-state index contributed by atoms with van der Waals surface area (Å²) in [5.74, 6) is 0.0624. The van der Waals surface area contributed by atoms with E-state index in [1.54, 1.807) is 24.3 Å². The fraction of sp³-hybridized carbons (Fsp3) is 0.375. The van der Waals surface area contributed by atoms with Crippen LogP contribution in [0.1, 0.15) is 48.9 Å². The third-order valence-corrected chi connectivity index (χ3v) is 7.48. The summed E-state index contributed by atoms with van der Waals surface area (Å²) < 4.78 is 33.1. The van der Waals surface area contributed by atoms with Crippen molar-refractivity contribution < 1.29 is 17.9 Å². The molecule has 1 heterocycles. The molecule has 1 atom stereocenters. The van der Waals surface area contributed by atoms with Crippen LogP contribution in [-0.2, 0) is 14.8 Å². The number of sulfonamides is 1. The minimum absolute atomic E-state index is 0.132. The van der Waals surface area contributed by atoms with Crippen molar-refractivity contribution in [3.05, 3.63) is 65.2 Å². The normalized spacial score (nSPS) is 16.2. The Morgan fingerprint density at radius 2 is 1.84 bits per heavy atom. The van der Waals surface area contributed by atoms with E-state index in [4.69, 9.17) is 4.74 Å². The van der Waals surface area contributed by atoms with E-state index in [2.05, 4.69) is 5.32 Å². The van der Waals surface area contributed by atoms with E-state index in [0.717, 1.165) is 30.4 Å². The summed E-state index contributed by atoms with van der Waals surface area (Å²) in [6.45, 7) is 4.98. The van der Waals surface area contributed by atoms with Crippen LogP contribution >= 0.6 is 0 Å². The predicted molar refractivity (Wildman–Crippen MR) is 122 cm³/mol. The number of aryl methyl sites for hydroxylation is 1. The number of nitrogens with zero attached hydrogens (tertiary/aromatic N) is 1. The van der Waals surface area contributed by atoms with Crippen molar-refractivity contribution in [2.75, 3.05) is 20.2 Å². The van der Waals surface area contributed by atoms with Crippen LogP contribution in [0.2, 0.25) is 0 Å². The third-order valence-electron chi connectivity index (χ3n) is 5.56. The highest BCUT2D eigenvalue weighted by Crippen LogP contribution is 2.30. The summed E-state index contributed by atoms with van der Waals surface area (Å²) in [6.07, 6.45) is 5.81. The number of hydrogen-bond donors (Lipinski definition) is 1. The van der Waals surface area contributed by atoms with Gasteiger partial charge in [0, 0.05) is 19.2 Å². The van der Waals surface area contributed by atoms with E-state index < -0.39 is 10.0 Å². The van der Waals surface area contributed by atoms with E-state index in [1.165, 1.54) is 17.5 Å². The maximum absolute atomic E-state index is 13.1. The zero-order valence-corrected chi connectivity index (χ0v) is 19.1. The Morgan fingerprint density at radius 3 is 2.52 bits per heavy atom. The molecule has 0 aliphatic carbocycles. The number of carbonyl (C=O) groups excluding carboxylic acids is 1. The summed E-state index contributed by atoms with van der Waals surface area (Å²) in [5.41, 5.74) is 2.79. The van der Waals surface area contributed by atoms with Crippen molar-refractivity contribution >= 4 is 22.0 Å². The zero-order chi connectivity index (χ0) is 22.4. The van der Waals surface area contributed by atoms with E-state index in [-0.39, 0.29) is 16.8 Å². The van der Waals surface area contributed by atoms with E-state index >= 15 is 0 Å². The van der Waals surface area contributed by atoms with Crippen molar-refractivity contribution in [3.8, 4) is 5.75 Å². The number of carbonyl (C=O) groups is 1. The number of hydrogen-bond acceptors (Lipinski definition) is 4. The molecule has 0 saturated carbocycles. The van der Waals surface area contributed by atoms with Crippen molar-refractivity contribution in [1.29, 1.82) is 0 Å². The average Bonchev–Trinajstić information content (AvgIpc) is 2.78. The molecule has 1 fully saturated rings. The van der Waals surface area contributed by atoms with Gasteiger partial charge < -0.3 is 10.1 Å². The molecule has 1 aliphatic rings. The van der Waals surface area contributed by atoms with Crippen molar-refractivity contribution in [2.45, 2.75) is 44.0 Å². The molecule has 1 saturated heterocycles. The van der Waals surface area contributed by atoms with Gasteiger partial charge in [-0.05, 0) is 61.6 Å². The summed E-state index contributed by atoms with van der Waals surface area (Å²) in [4.78, 5) is 12.5. The predicted octanol–water partition coefficient (Wildman–Crippen LogP) is 4.07. The molecule has 166 valence electrons. The molecule has 1 N–H and O–H groups in total. The standard InChI is InChI=1S/C24H30N2O4S/c1-18-9-5-6-10-21(18)19(2)25-24(27)14-12-20-11-13-22(30-3)23(17-20)31(28,29)26-15-7-4-8-16-26/h5-6,9-14,17,19H,4,7-8,15-16H2,1-3H3,(H,25,27). The van der Waals surface area contributed by atoms with Crippen LogP contribution in [0.3, 0.4) is 0 Å². The smallest absolute Gasteiger partial charge is 0.246 e. The van der Waals surface area contributed by atoms with Gasteiger partial charge in [0.25, 0.3) is 0 Å². The van der Waals surface area contributed by atoms with Crippen LogP contribution < -0.4 is 10.1 Å². The van der Waals surface area contributed by atoms with Crippen LogP contribution in [0.5, 0.6) is 5.75 Å². The van der Waals surface area contributed by atoms with Gasteiger partial charge in [0.1, 0.15) is 10.6 Å². The summed E-state index contributed by atoms with van der Waals surface area (Å²) >= 11 is 0. The molecule has 31 heavy (non-hydrogen) atoms. The van der Waals surface area contributed by atoms with Crippen molar-refractivity contribution in [3.63, 3.8) is 0 Å². The molecule has 0 spiro atoms. The lowest BCUT2D eigenvalue weighted by molar-refractivity contribution is -0.117. The lowest BCUT2D eigenvalue weighted by Crippen LogP contribution is -2.35. The molecule has 0 radical (unpaired) electrons. The van der Waals surface area contributed by atoms with Gasteiger partial charge in [-0.1, -0.05) is 36.8 Å². The molecule has 3 rings (SSSR count). The monoisotopic (exact) mass is 442 g/mol. The summed E-state index contributed by atoms with van der Waals surface area (Å²) in [7, 11) is -2.19. The number of ether oxygens (including phenoxy) is 1. The lowest BCUT2D eigenvalue weighted by atomic mass is 10.0. The van der Waals surface area contributed by atoms with Gasteiger partial charge in [0.05, 0.1) is 13.2 Å². The second-order valence-electron chi connectivity index (χ2n) is 7.80. The molecule has 1 aliphatic heterocycles. The van der Waals surface area contributed by atoms with Crippen LogP contribution in [0.4, 0.5) is 0 Å². The van der Waals surface area contributed by atoms with Gasteiger partial charge in [-0.25, -0.2) is 8.42 Å². The molecule has 2 aromatic carbocycles. The topological polar surface area (TPSA) is 75.7 Å². The first-order valence-corrected chi connectivity index (χ1v) is 12.0. The maximum Gasteiger partial charge on any atom is 0.246 e. The maximum atomic E-state index is 13.1. The summed E-state index contributed by atoms with van der Waals surface area (Å²) in [6, 6.07) is 12.7. The number of methoxy groups -OCH3 is 1. The second-order valence-corrected chi connectivity index (χ2v) is 9.70. The number of benzene rings is 2. The van der Waals surface area contributed by atoms with Gasteiger partial charge in [-0.2, -0.15) is 4.31 Å². The van der Waals surface area contributed by atoms with Gasteiger partial charge in [0.15, 0.2) is 0 Å². The first-order chi connectivity index (χ1) is 14.8. The lowest BCUT2D eigenvalue weighted by Gasteiger charge is -2.26. The molecular formula is C24H30N2O4S. The Bertz CT molecular complexity index is 1060. The van der Waals surface area contributed by atoms with E-state index in [1.807, 2.05) is 38.1 Å². The fourth-order valence-corrected chi connectivity index (χ4v) is 5.53. The van der Waals surface area contributed by atoms with Crippen LogP contribution in [0.25, 0.3) is 6.08 Å². The highest BCUT2D eigenvalue weighted by Gasteiger charge is 2.29. The molecule has 0 aromatic heterocycles. The largest absolute Gasteiger partial charge is 0.495 e. The Labute approximate surface area is 185 Å². The molecule has 1 amide bonds. The molecule has 2 aromatic rings. The van der Waals surface area contributed by atoms with Crippen LogP contribution in [-0.4, -0.2) is 38.8 Å². The highest BCUT2D eigenvalue weighted by molar-refractivity contribution is 7.89. The fourth-order valence-electron chi connectivity index (χ4n) is 3.83. The minimum atomic E-state index is -3.65. The zero-order valence-electron chi connectivity index (χ0n) is 18.3. The molecular weight excluding hydrogens is 412 g/mol. The van der Waals surface area contributed by atoms with Gasteiger partial charge in [0.2, 0.25) is 15.9 Å². The molecule has 1 unspecified atom stereocenters. The summed E-state index contributed by atoms with van der Waals surface area (Å²) in [5, 5.41) is 2.95. The third kappa shape index (κ3) is 5.54. The number of amides is 1. The highest BCUT2D eigenvalue weighted by atomic mass is 32.2. The van der Waals surface area contributed by atoms with Gasteiger partial charge >= 0.3 is 0 Å². The van der Waals surface area contributed by atoms with E-state index in [0.29, 0.717) is 24.4 Å². The minimum Gasteiger partial charge on any atom is -0.495 e. The first-order valence-electron chi connectivity index (χ1n) is 10.5. The Balaban J connectivity index is 1.77. The SMILES string of the molecule is COc1ccc(C=CC(=O)NC(C)c2ccccc2C)cc1S(=O)(=O)N1CCCCC1. The number of rotatable bonds is 7. The average molecular weight is 443 g/mol. The van der Waals surface area contributed by atoms with E-state index in [9.17, 15) is 13.2 Å². The van der Waals surface area contributed by atoms with Crippen molar-refractivity contribution in [2.24, 2.45) is 0 Å². The Morgan fingerprint density at radius 1 is 1.13 bits per heavy atom. The van der Waals surface area contributed by atoms with Crippen LogP contribution in [0.15, 0.2) is 53.4 Å². The van der Waals surface area contributed by atoms with Gasteiger partial charge in [-0.3, -0.25) is 4.79 Å². The van der Waals surface area contributed by atoms with Gasteiger partial charge in [-0.15, -0.1) is 0 Å². The van der Waals surface area contributed by atoms with Crippen molar-refractivity contribution in [1.82, 2.24) is 9.62 Å². The molecule has 6 nitrogen and oxygen atoms in total.